The normalized spacial score (nSPS) is 10.3. The Morgan fingerprint density at radius 2 is 1.90 bits per heavy atom. The highest BCUT2D eigenvalue weighted by Gasteiger charge is 2.23. The molecule has 0 saturated carbocycles. The second-order valence-electron chi connectivity index (χ2n) is 4.92. The van der Waals surface area contributed by atoms with Crippen molar-refractivity contribution in [1.29, 1.82) is 0 Å². The van der Waals surface area contributed by atoms with Crippen LogP contribution in [0, 0.1) is 24.0 Å². The molecule has 0 aromatic heterocycles. The maximum atomic E-state index is 11.4. The predicted molar refractivity (Wildman–Crippen MR) is 84.9 cm³/mol. The van der Waals surface area contributed by atoms with E-state index in [4.69, 9.17) is 5.84 Å². The van der Waals surface area contributed by atoms with Crippen molar-refractivity contribution in [2.75, 3.05) is 17.4 Å². The van der Waals surface area contributed by atoms with Crippen LogP contribution < -0.4 is 16.2 Å². The number of nitrogens with zero attached hydrogens (tertiary/aromatic N) is 2. The Bertz CT molecular complexity index is 685. The number of nitro benzene ring substituents is 1. The van der Waals surface area contributed by atoms with Gasteiger partial charge in [-0.1, -0.05) is 23.8 Å². The summed E-state index contributed by atoms with van der Waals surface area (Å²) in [5, 5.41) is 11.4. The lowest BCUT2D eigenvalue weighted by atomic mass is 10.1. The second kappa shape index (κ2) is 5.80. The third-order valence-corrected chi connectivity index (χ3v) is 3.43. The lowest BCUT2D eigenvalue weighted by molar-refractivity contribution is -0.383. The molecule has 0 fully saturated rings. The van der Waals surface area contributed by atoms with Crippen LogP contribution in [0.2, 0.25) is 0 Å². The van der Waals surface area contributed by atoms with Crippen LogP contribution >= 0.6 is 0 Å². The molecule has 110 valence electrons. The van der Waals surface area contributed by atoms with Gasteiger partial charge in [0.25, 0.3) is 0 Å². The molecule has 6 heteroatoms. The van der Waals surface area contributed by atoms with Crippen molar-refractivity contribution in [2.24, 2.45) is 5.84 Å². The van der Waals surface area contributed by atoms with E-state index in [-0.39, 0.29) is 11.4 Å². The summed E-state index contributed by atoms with van der Waals surface area (Å²) in [5.74, 6) is 5.37. The van der Waals surface area contributed by atoms with Gasteiger partial charge in [-0.2, -0.15) is 0 Å². The van der Waals surface area contributed by atoms with Crippen molar-refractivity contribution in [3.8, 4) is 0 Å². The van der Waals surface area contributed by atoms with E-state index in [0.717, 1.165) is 16.8 Å². The molecule has 0 unspecified atom stereocenters. The van der Waals surface area contributed by atoms with Crippen molar-refractivity contribution in [1.82, 2.24) is 0 Å². The molecule has 0 spiro atoms. The number of rotatable bonds is 4. The summed E-state index contributed by atoms with van der Waals surface area (Å²) in [4.78, 5) is 12.7. The molecule has 0 radical (unpaired) electrons. The summed E-state index contributed by atoms with van der Waals surface area (Å²) in [7, 11) is 1.81. The molecule has 0 amide bonds. The van der Waals surface area contributed by atoms with Crippen LogP contribution in [0.15, 0.2) is 36.4 Å². The van der Waals surface area contributed by atoms with Crippen molar-refractivity contribution >= 4 is 22.7 Å². The van der Waals surface area contributed by atoms with Crippen LogP contribution in [0.4, 0.5) is 22.7 Å². The number of hydrogen-bond acceptors (Lipinski definition) is 5. The topological polar surface area (TPSA) is 84.4 Å². The Morgan fingerprint density at radius 3 is 2.48 bits per heavy atom. The number of nitrogen functional groups attached to an aromatic ring is 1. The van der Waals surface area contributed by atoms with Gasteiger partial charge in [0, 0.05) is 12.7 Å². The summed E-state index contributed by atoms with van der Waals surface area (Å²) in [6.07, 6.45) is 0. The fraction of sp³-hybridized carbons (Fsp3) is 0.200. The summed E-state index contributed by atoms with van der Waals surface area (Å²) < 4.78 is 0. The Labute approximate surface area is 123 Å². The number of benzene rings is 2. The minimum Gasteiger partial charge on any atom is -0.339 e. The standard InChI is InChI=1S/C15H18N4O2/c1-10-7-8-13(11(2)9-10)18(3)14-6-4-5-12(17-16)15(14)19(20)21/h4-9,17H,16H2,1-3H3. The summed E-state index contributed by atoms with van der Waals surface area (Å²) in [6.45, 7) is 3.99. The van der Waals surface area contributed by atoms with E-state index < -0.39 is 4.92 Å². The SMILES string of the molecule is Cc1ccc(N(C)c2cccc(NN)c2[N+](=O)[O-])c(C)c1. The van der Waals surface area contributed by atoms with Crippen molar-refractivity contribution in [3.63, 3.8) is 0 Å². The van der Waals surface area contributed by atoms with Gasteiger partial charge in [0.1, 0.15) is 11.4 Å². The number of para-hydroxylation sites is 1. The fourth-order valence-corrected chi connectivity index (χ4v) is 2.42. The molecule has 3 N–H and O–H groups in total. The first-order valence-corrected chi connectivity index (χ1v) is 6.50. The molecule has 0 heterocycles. The maximum absolute atomic E-state index is 11.4. The first kappa shape index (κ1) is 14.8. The van der Waals surface area contributed by atoms with E-state index in [1.54, 1.807) is 30.1 Å². The molecule has 2 rings (SSSR count). The van der Waals surface area contributed by atoms with Crippen LogP contribution in [0.1, 0.15) is 11.1 Å². The maximum Gasteiger partial charge on any atom is 0.317 e. The largest absolute Gasteiger partial charge is 0.339 e. The van der Waals surface area contributed by atoms with E-state index in [2.05, 4.69) is 5.43 Å². The number of nitro groups is 1. The van der Waals surface area contributed by atoms with Crippen LogP contribution in [-0.2, 0) is 0 Å². The van der Waals surface area contributed by atoms with E-state index in [1.165, 1.54) is 0 Å². The Balaban J connectivity index is 2.58. The molecule has 0 saturated heterocycles. The van der Waals surface area contributed by atoms with E-state index in [1.807, 2.05) is 32.0 Å². The van der Waals surface area contributed by atoms with Crippen molar-refractivity contribution in [3.05, 3.63) is 57.6 Å². The molecular formula is C15H18N4O2. The third kappa shape index (κ3) is 2.80. The first-order chi connectivity index (χ1) is 9.95. The molecule has 2 aromatic rings. The number of anilines is 3. The van der Waals surface area contributed by atoms with Crippen LogP contribution in [0.25, 0.3) is 0 Å². The van der Waals surface area contributed by atoms with Crippen LogP contribution in [0.3, 0.4) is 0 Å². The number of nitrogens with one attached hydrogen (secondary N) is 1. The second-order valence-corrected chi connectivity index (χ2v) is 4.92. The van der Waals surface area contributed by atoms with Gasteiger partial charge in [0.15, 0.2) is 0 Å². The van der Waals surface area contributed by atoms with Gasteiger partial charge in [0.05, 0.1) is 4.92 Å². The highest BCUT2D eigenvalue weighted by molar-refractivity contribution is 5.81. The minimum absolute atomic E-state index is 0.0394. The average Bonchev–Trinajstić information content (AvgIpc) is 2.45. The zero-order valence-corrected chi connectivity index (χ0v) is 12.3. The Morgan fingerprint density at radius 1 is 1.19 bits per heavy atom. The van der Waals surface area contributed by atoms with Crippen LogP contribution in [0.5, 0.6) is 0 Å². The smallest absolute Gasteiger partial charge is 0.317 e. The monoisotopic (exact) mass is 286 g/mol. The van der Waals surface area contributed by atoms with Crippen LogP contribution in [-0.4, -0.2) is 12.0 Å². The molecule has 0 bridgehead atoms. The molecule has 0 atom stereocenters. The summed E-state index contributed by atoms with van der Waals surface area (Å²) in [5.41, 5.74) is 6.23. The van der Waals surface area contributed by atoms with Crippen molar-refractivity contribution in [2.45, 2.75) is 13.8 Å². The lowest BCUT2D eigenvalue weighted by Crippen LogP contribution is -2.15. The molecule has 2 aromatic carbocycles. The fourth-order valence-electron chi connectivity index (χ4n) is 2.42. The number of aryl methyl sites for hydroxylation is 2. The molecule has 0 aliphatic heterocycles. The van der Waals surface area contributed by atoms with Gasteiger partial charge >= 0.3 is 5.69 Å². The first-order valence-electron chi connectivity index (χ1n) is 6.50. The minimum atomic E-state index is -0.426. The lowest BCUT2D eigenvalue weighted by Gasteiger charge is -2.22. The quantitative estimate of drug-likeness (QED) is 0.512. The van der Waals surface area contributed by atoms with Gasteiger partial charge < -0.3 is 10.3 Å². The zero-order valence-electron chi connectivity index (χ0n) is 12.3. The van der Waals surface area contributed by atoms with Gasteiger partial charge in [-0.15, -0.1) is 0 Å². The van der Waals surface area contributed by atoms with Gasteiger partial charge in [-0.25, -0.2) is 0 Å². The third-order valence-electron chi connectivity index (χ3n) is 3.43. The summed E-state index contributed by atoms with van der Waals surface area (Å²) in [6, 6.07) is 11.0. The van der Waals surface area contributed by atoms with E-state index in [0.29, 0.717) is 5.69 Å². The molecule has 0 aliphatic rings. The van der Waals surface area contributed by atoms with Crippen molar-refractivity contribution < 1.29 is 4.92 Å². The molecule has 21 heavy (non-hydrogen) atoms. The number of hydrogen-bond donors (Lipinski definition) is 2. The zero-order chi connectivity index (χ0) is 15.6. The van der Waals surface area contributed by atoms with E-state index >= 15 is 0 Å². The van der Waals surface area contributed by atoms with Gasteiger partial charge in [-0.05, 0) is 37.6 Å². The molecule has 6 nitrogen and oxygen atoms in total. The average molecular weight is 286 g/mol. The van der Waals surface area contributed by atoms with E-state index in [9.17, 15) is 10.1 Å². The number of nitrogens with two attached hydrogens (primary N) is 1. The van der Waals surface area contributed by atoms with Gasteiger partial charge in [0.2, 0.25) is 0 Å². The molecular weight excluding hydrogens is 268 g/mol. The highest BCUT2D eigenvalue weighted by atomic mass is 16.6. The van der Waals surface area contributed by atoms with Gasteiger partial charge in [-0.3, -0.25) is 16.0 Å². The number of hydrazine groups is 1. The summed E-state index contributed by atoms with van der Waals surface area (Å²) >= 11 is 0. The molecule has 0 aliphatic carbocycles. The highest BCUT2D eigenvalue weighted by Crippen LogP contribution is 2.38. The predicted octanol–water partition coefficient (Wildman–Crippen LogP) is 3.27. The Hall–Kier alpha value is -2.60. The Kier molecular flexibility index (Phi) is 4.09.